The Morgan fingerprint density at radius 2 is 2.47 bits per heavy atom. The van der Waals surface area contributed by atoms with Gasteiger partial charge in [-0.2, -0.15) is 0 Å². The molecule has 1 aliphatic heterocycles. The van der Waals surface area contributed by atoms with E-state index in [0.29, 0.717) is 10.7 Å². The number of hydrogen-bond acceptors (Lipinski definition) is 4. The van der Waals surface area contributed by atoms with Crippen LogP contribution in [-0.4, -0.2) is 28.4 Å². The molecule has 2 rings (SSSR count). The number of aliphatic imine (C=N–C) groups is 1. The fraction of sp³-hybridized carbons (Fsp3) is 0.222. The maximum Gasteiger partial charge on any atom is 0.257 e. The van der Waals surface area contributed by atoms with Crippen molar-refractivity contribution in [3.8, 4) is 0 Å². The van der Waals surface area contributed by atoms with Crippen molar-refractivity contribution in [3.63, 3.8) is 0 Å². The van der Waals surface area contributed by atoms with Gasteiger partial charge in [-0.05, 0) is 6.07 Å². The standard InChI is InChI=1S/C9H9N3O2S/c13-7-5-6(1-2-10-7)8(14)12-9-11-3-4-15-9/h1-2,5H,3-4H2,(H,10,13)(H,11,12,14). The molecule has 6 heteroatoms. The van der Waals surface area contributed by atoms with Crippen molar-refractivity contribution in [2.75, 3.05) is 12.3 Å². The third kappa shape index (κ3) is 2.47. The molecule has 78 valence electrons. The lowest BCUT2D eigenvalue weighted by atomic mass is 10.2. The molecule has 15 heavy (non-hydrogen) atoms. The van der Waals surface area contributed by atoms with Gasteiger partial charge in [0.15, 0.2) is 5.17 Å². The Hall–Kier alpha value is -1.56. The molecule has 5 nitrogen and oxygen atoms in total. The lowest BCUT2D eigenvalue weighted by Gasteiger charge is -2.02. The van der Waals surface area contributed by atoms with Gasteiger partial charge in [0.2, 0.25) is 5.56 Å². The van der Waals surface area contributed by atoms with Gasteiger partial charge in [-0.1, -0.05) is 11.8 Å². The number of amidine groups is 1. The Morgan fingerprint density at radius 1 is 1.60 bits per heavy atom. The van der Waals surface area contributed by atoms with Gasteiger partial charge >= 0.3 is 0 Å². The molecule has 0 saturated carbocycles. The number of amides is 1. The average Bonchev–Trinajstić information content (AvgIpc) is 2.70. The van der Waals surface area contributed by atoms with Crippen LogP contribution in [0.4, 0.5) is 0 Å². The topological polar surface area (TPSA) is 74.3 Å². The van der Waals surface area contributed by atoms with E-state index < -0.39 is 0 Å². The molecule has 1 aromatic heterocycles. The van der Waals surface area contributed by atoms with Crippen molar-refractivity contribution >= 4 is 22.8 Å². The summed E-state index contributed by atoms with van der Waals surface area (Å²) in [5, 5.41) is 3.27. The normalized spacial score (nSPS) is 14.8. The summed E-state index contributed by atoms with van der Waals surface area (Å²) in [6.07, 6.45) is 1.45. The summed E-state index contributed by atoms with van der Waals surface area (Å²) in [6.45, 7) is 0.732. The highest BCUT2D eigenvalue weighted by Gasteiger charge is 2.12. The summed E-state index contributed by atoms with van der Waals surface area (Å²) in [6, 6.07) is 2.81. The maximum absolute atomic E-state index is 11.6. The number of carbonyl (C=O) groups is 1. The third-order valence-electron chi connectivity index (χ3n) is 1.84. The van der Waals surface area contributed by atoms with Crippen LogP contribution in [0.15, 0.2) is 28.1 Å². The Bertz CT molecular complexity index is 466. The van der Waals surface area contributed by atoms with E-state index in [-0.39, 0.29) is 11.5 Å². The van der Waals surface area contributed by atoms with Gasteiger partial charge in [-0.25, -0.2) is 0 Å². The van der Waals surface area contributed by atoms with E-state index >= 15 is 0 Å². The van der Waals surface area contributed by atoms with Crippen LogP contribution < -0.4 is 10.9 Å². The van der Waals surface area contributed by atoms with Crippen LogP contribution in [-0.2, 0) is 0 Å². The summed E-state index contributed by atoms with van der Waals surface area (Å²) in [5.41, 5.74) is 0.0533. The Labute approximate surface area is 90.0 Å². The SMILES string of the molecule is O=C(NC1=NCCS1)c1cc[nH]c(=O)c1. The first kappa shape index (κ1) is 9.97. The smallest absolute Gasteiger partial charge is 0.257 e. The molecule has 0 saturated heterocycles. The van der Waals surface area contributed by atoms with Crippen LogP contribution in [0, 0.1) is 0 Å². The lowest BCUT2D eigenvalue weighted by molar-refractivity contribution is 0.0978. The number of carbonyl (C=O) groups excluding carboxylic acids is 1. The molecule has 2 heterocycles. The van der Waals surface area contributed by atoms with Gasteiger partial charge in [-0.15, -0.1) is 0 Å². The number of nitrogens with one attached hydrogen (secondary N) is 2. The zero-order chi connectivity index (χ0) is 10.7. The number of rotatable bonds is 1. The van der Waals surface area contributed by atoms with Crippen molar-refractivity contribution in [1.82, 2.24) is 10.3 Å². The van der Waals surface area contributed by atoms with E-state index in [9.17, 15) is 9.59 Å². The highest BCUT2D eigenvalue weighted by atomic mass is 32.2. The molecule has 1 amide bonds. The molecular formula is C9H9N3O2S. The number of pyridine rings is 1. The first-order valence-corrected chi connectivity index (χ1v) is 5.41. The highest BCUT2D eigenvalue weighted by molar-refractivity contribution is 8.14. The third-order valence-corrected chi connectivity index (χ3v) is 2.73. The number of thioether (sulfide) groups is 1. The Balaban J connectivity index is 2.11. The fourth-order valence-electron chi connectivity index (χ4n) is 1.17. The predicted molar refractivity (Wildman–Crippen MR) is 59.3 cm³/mol. The van der Waals surface area contributed by atoms with E-state index in [1.165, 1.54) is 24.0 Å². The minimum atomic E-state index is -0.297. The van der Waals surface area contributed by atoms with Crippen molar-refractivity contribution in [3.05, 3.63) is 34.2 Å². The second kappa shape index (κ2) is 4.31. The second-order valence-corrected chi connectivity index (χ2v) is 4.01. The number of H-pyrrole nitrogens is 1. The zero-order valence-corrected chi connectivity index (χ0v) is 8.63. The first-order chi connectivity index (χ1) is 7.25. The lowest BCUT2D eigenvalue weighted by Crippen LogP contribution is -2.28. The van der Waals surface area contributed by atoms with Crippen LogP contribution in [0.3, 0.4) is 0 Å². The minimum Gasteiger partial charge on any atom is -0.329 e. The molecule has 0 aromatic carbocycles. The second-order valence-electron chi connectivity index (χ2n) is 2.93. The number of aromatic nitrogens is 1. The quantitative estimate of drug-likeness (QED) is 0.714. The molecule has 0 unspecified atom stereocenters. The number of hydrogen-bond donors (Lipinski definition) is 2. The van der Waals surface area contributed by atoms with E-state index in [4.69, 9.17) is 0 Å². The van der Waals surface area contributed by atoms with Crippen molar-refractivity contribution in [2.45, 2.75) is 0 Å². The van der Waals surface area contributed by atoms with Crippen molar-refractivity contribution in [2.24, 2.45) is 4.99 Å². The van der Waals surface area contributed by atoms with Crippen molar-refractivity contribution in [1.29, 1.82) is 0 Å². The largest absolute Gasteiger partial charge is 0.329 e. The zero-order valence-electron chi connectivity index (χ0n) is 7.82. The summed E-state index contributed by atoms with van der Waals surface area (Å²) in [5.74, 6) is 0.597. The monoisotopic (exact) mass is 223 g/mol. The average molecular weight is 223 g/mol. The molecule has 0 spiro atoms. The van der Waals surface area contributed by atoms with Gasteiger partial charge in [0.05, 0.1) is 6.54 Å². The van der Waals surface area contributed by atoms with Crippen LogP contribution in [0.2, 0.25) is 0 Å². The summed E-state index contributed by atoms with van der Waals surface area (Å²) >= 11 is 1.50. The minimum absolute atomic E-state index is 0.288. The highest BCUT2D eigenvalue weighted by Crippen LogP contribution is 2.09. The van der Waals surface area contributed by atoms with Gasteiger partial charge in [0, 0.05) is 23.6 Å². The molecule has 1 aromatic rings. The van der Waals surface area contributed by atoms with Crippen LogP contribution in [0.5, 0.6) is 0 Å². The van der Waals surface area contributed by atoms with Gasteiger partial charge in [0.1, 0.15) is 0 Å². The Kier molecular flexibility index (Phi) is 2.86. The molecular weight excluding hydrogens is 214 g/mol. The summed E-state index contributed by atoms with van der Waals surface area (Å²) in [4.78, 5) is 29.1. The summed E-state index contributed by atoms with van der Waals surface area (Å²) in [7, 11) is 0. The first-order valence-electron chi connectivity index (χ1n) is 4.43. The van der Waals surface area contributed by atoms with Crippen LogP contribution in [0.1, 0.15) is 10.4 Å². The molecule has 1 aliphatic rings. The molecule has 2 N–H and O–H groups in total. The molecule has 0 atom stereocenters. The van der Waals surface area contributed by atoms with Gasteiger partial charge in [-0.3, -0.25) is 14.6 Å². The van der Waals surface area contributed by atoms with E-state index in [2.05, 4.69) is 15.3 Å². The van der Waals surface area contributed by atoms with Crippen LogP contribution >= 0.6 is 11.8 Å². The number of nitrogens with zero attached hydrogens (tertiary/aromatic N) is 1. The molecule has 0 bridgehead atoms. The number of aromatic amines is 1. The maximum atomic E-state index is 11.6. The molecule has 0 radical (unpaired) electrons. The molecule has 0 fully saturated rings. The predicted octanol–water partition coefficient (Wildman–Crippen LogP) is 0.207. The van der Waals surface area contributed by atoms with Gasteiger partial charge < -0.3 is 10.3 Å². The van der Waals surface area contributed by atoms with E-state index in [1.54, 1.807) is 6.07 Å². The van der Waals surface area contributed by atoms with E-state index in [1.807, 2.05) is 0 Å². The van der Waals surface area contributed by atoms with Crippen molar-refractivity contribution < 1.29 is 4.79 Å². The fourth-order valence-corrected chi connectivity index (χ4v) is 1.89. The van der Waals surface area contributed by atoms with Gasteiger partial charge in [0.25, 0.3) is 5.91 Å². The van der Waals surface area contributed by atoms with Crippen LogP contribution in [0.25, 0.3) is 0 Å². The van der Waals surface area contributed by atoms with E-state index in [0.717, 1.165) is 12.3 Å². The Morgan fingerprint density at radius 3 is 3.13 bits per heavy atom. The molecule has 0 aliphatic carbocycles. The summed E-state index contributed by atoms with van der Waals surface area (Å²) < 4.78 is 0.